The first kappa shape index (κ1) is 15.5. The number of carbonyl (C=O) groups is 1. The normalized spacial score (nSPS) is 17.9. The van der Waals surface area contributed by atoms with Gasteiger partial charge in [-0.25, -0.2) is 0 Å². The number of ether oxygens (including phenoxy) is 1. The maximum Gasteiger partial charge on any atom is 0.305 e. The molecule has 0 aromatic rings. The van der Waals surface area contributed by atoms with Crippen LogP contribution in [0.4, 0.5) is 0 Å². The Balaban J connectivity index is 1.90. The van der Waals surface area contributed by atoms with E-state index in [1.807, 2.05) is 6.92 Å². The Labute approximate surface area is 112 Å². The van der Waals surface area contributed by atoms with Crippen LogP contribution >= 0.6 is 0 Å². The van der Waals surface area contributed by atoms with Crippen LogP contribution in [0.3, 0.4) is 0 Å². The van der Waals surface area contributed by atoms with Gasteiger partial charge in [0.1, 0.15) is 0 Å². The van der Waals surface area contributed by atoms with Gasteiger partial charge in [-0.3, -0.25) is 4.79 Å². The van der Waals surface area contributed by atoms with E-state index in [1.165, 1.54) is 25.7 Å². The molecule has 1 saturated carbocycles. The molecule has 1 fully saturated rings. The molecule has 1 aliphatic carbocycles. The predicted octanol–water partition coefficient (Wildman–Crippen LogP) is 3.28. The molecule has 0 heterocycles. The molecule has 0 unspecified atom stereocenters. The molecule has 0 amide bonds. The molecule has 1 rings (SSSR count). The van der Waals surface area contributed by atoms with E-state index in [2.05, 4.69) is 12.2 Å². The van der Waals surface area contributed by atoms with E-state index in [0.29, 0.717) is 19.1 Å². The van der Waals surface area contributed by atoms with Gasteiger partial charge in [0.25, 0.3) is 0 Å². The van der Waals surface area contributed by atoms with E-state index in [9.17, 15) is 4.79 Å². The second-order valence-electron chi connectivity index (χ2n) is 5.40. The molecule has 0 spiro atoms. The fourth-order valence-electron chi connectivity index (χ4n) is 2.76. The van der Waals surface area contributed by atoms with Crippen molar-refractivity contribution in [3.8, 4) is 0 Å². The van der Waals surface area contributed by atoms with Crippen molar-refractivity contribution < 1.29 is 9.53 Å². The Kier molecular flexibility index (Phi) is 8.06. The van der Waals surface area contributed by atoms with E-state index < -0.39 is 0 Å². The van der Waals surface area contributed by atoms with Gasteiger partial charge in [0.05, 0.1) is 6.61 Å². The highest BCUT2D eigenvalue weighted by Gasteiger charge is 2.20. The van der Waals surface area contributed by atoms with Crippen molar-refractivity contribution in [1.82, 2.24) is 5.32 Å². The summed E-state index contributed by atoms with van der Waals surface area (Å²) in [6.45, 7) is 5.75. The van der Waals surface area contributed by atoms with Crippen molar-refractivity contribution >= 4 is 5.97 Å². The third-order valence-corrected chi connectivity index (χ3v) is 3.94. The van der Waals surface area contributed by atoms with Gasteiger partial charge in [-0.05, 0) is 52.0 Å². The van der Waals surface area contributed by atoms with Gasteiger partial charge in [-0.1, -0.05) is 19.3 Å². The van der Waals surface area contributed by atoms with Crippen LogP contribution in [0.2, 0.25) is 0 Å². The van der Waals surface area contributed by atoms with Crippen LogP contribution in [0.1, 0.15) is 65.2 Å². The molecule has 106 valence electrons. The Hall–Kier alpha value is -0.570. The minimum Gasteiger partial charge on any atom is -0.466 e. The zero-order valence-corrected chi connectivity index (χ0v) is 12.0. The summed E-state index contributed by atoms with van der Waals surface area (Å²) in [5.74, 6) is 0.842. The number of esters is 1. The van der Waals surface area contributed by atoms with E-state index in [-0.39, 0.29) is 5.97 Å². The van der Waals surface area contributed by atoms with Gasteiger partial charge < -0.3 is 10.1 Å². The lowest BCUT2D eigenvalue weighted by atomic mass is 10.00. The molecule has 0 aromatic carbocycles. The van der Waals surface area contributed by atoms with Gasteiger partial charge >= 0.3 is 5.97 Å². The molecular formula is C15H29NO2. The number of carbonyl (C=O) groups excluding carboxylic acids is 1. The summed E-state index contributed by atoms with van der Waals surface area (Å²) >= 11 is 0. The highest BCUT2D eigenvalue weighted by atomic mass is 16.5. The summed E-state index contributed by atoms with van der Waals surface area (Å²) in [6.07, 6.45) is 9.44. The summed E-state index contributed by atoms with van der Waals surface area (Å²) in [7, 11) is 0. The van der Waals surface area contributed by atoms with Crippen molar-refractivity contribution in [3.05, 3.63) is 0 Å². The molecule has 3 nitrogen and oxygen atoms in total. The summed E-state index contributed by atoms with van der Waals surface area (Å²) in [5, 5.41) is 3.62. The average Bonchev–Trinajstić information content (AvgIpc) is 2.87. The standard InChI is InChI=1S/C15H29NO2/c1-3-18-15(17)11-5-4-8-12-16-13(2)14-9-6-7-10-14/h13-14,16H,3-12H2,1-2H3/t13-/m1/s1. The molecule has 0 aliphatic heterocycles. The Morgan fingerprint density at radius 3 is 2.67 bits per heavy atom. The number of hydrogen-bond donors (Lipinski definition) is 1. The Morgan fingerprint density at radius 1 is 1.28 bits per heavy atom. The van der Waals surface area contributed by atoms with E-state index in [1.54, 1.807) is 0 Å². The summed E-state index contributed by atoms with van der Waals surface area (Å²) in [6, 6.07) is 0.664. The maximum absolute atomic E-state index is 11.1. The van der Waals surface area contributed by atoms with Gasteiger partial charge in [0.15, 0.2) is 0 Å². The van der Waals surface area contributed by atoms with Crippen molar-refractivity contribution in [2.45, 2.75) is 71.3 Å². The molecule has 1 aliphatic rings. The maximum atomic E-state index is 11.1. The third-order valence-electron chi connectivity index (χ3n) is 3.94. The van der Waals surface area contributed by atoms with Crippen LogP contribution in [0, 0.1) is 5.92 Å². The second-order valence-corrected chi connectivity index (χ2v) is 5.40. The smallest absolute Gasteiger partial charge is 0.305 e. The number of rotatable bonds is 9. The average molecular weight is 255 g/mol. The van der Waals surface area contributed by atoms with Crippen molar-refractivity contribution in [2.75, 3.05) is 13.2 Å². The minimum atomic E-state index is -0.0511. The first-order valence-electron chi connectivity index (χ1n) is 7.63. The lowest BCUT2D eigenvalue weighted by Gasteiger charge is -2.20. The zero-order chi connectivity index (χ0) is 13.2. The highest BCUT2D eigenvalue weighted by molar-refractivity contribution is 5.69. The van der Waals surface area contributed by atoms with E-state index in [0.717, 1.165) is 31.7 Å². The van der Waals surface area contributed by atoms with Crippen LogP contribution in [-0.2, 0) is 9.53 Å². The molecule has 0 bridgehead atoms. The minimum absolute atomic E-state index is 0.0511. The zero-order valence-electron chi connectivity index (χ0n) is 12.0. The summed E-state index contributed by atoms with van der Waals surface area (Å²) in [4.78, 5) is 11.1. The summed E-state index contributed by atoms with van der Waals surface area (Å²) < 4.78 is 4.90. The van der Waals surface area contributed by atoms with Crippen molar-refractivity contribution in [1.29, 1.82) is 0 Å². The molecule has 1 N–H and O–H groups in total. The molecule has 1 atom stereocenters. The quantitative estimate of drug-likeness (QED) is 0.507. The Morgan fingerprint density at radius 2 is 2.00 bits per heavy atom. The van der Waals surface area contributed by atoms with Gasteiger partial charge in [0.2, 0.25) is 0 Å². The van der Waals surface area contributed by atoms with Gasteiger partial charge in [-0.15, -0.1) is 0 Å². The molecule has 0 saturated heterocycles. The number of nitrogens with one attached hydrogen (secondary N) is 1. The van der Waals surface area contributed by atoms with Crippen LogP contribution in [0.25, 0.3) is 0 Å². The van der Waals surface area contributed by atoms with Crippen LogP contribution in [-0.4, -0.2) is 25.2 Å². The SMILES string of the molecule is CCOC(=O)CCCCCN[C@H](C)C1CCCC1. The number of hydrogen-bond acceptors (Lipinski definition) is 3. The monoisotopic (exact) mass is 255 g/mol. The Bertz CT molecular complexity index is 225. The topological polar surface area (TPSA) is 38.3 Å². The van der Waals surface area contributed by atoms with Crippen LogP contribution < -0.4 is 5.32 Å². The van der Waals surface area contributed by atoms with Gasteiger partial charge in [-0.2, -0.15) is 0 Å². The molecule has 0 aromatic heterocycles. The van der Waals surface area contributed by atoms with Crippen molar-refractivity contribution in [3.63, 3.8) is 0 Å². The first-order chi connectivity index (χ1) is 8.74. The molecule has 3 heteroatoms. The summed E-state index contributed by atoms with van der Waals surface area (Å²) in [5.41, 5.74) is 0. The van der Waals surface area contributed by atoms with Crippen LogP contribution in [0.5, 0.6) is 0 Å². The molecular weight excluding hydrogens is 226 g/mol. The van der Waals surface area contributed by atoms with E-state index in [4.69, 9.17) is 4.74 Å². The number of unbranched alkanes of at least 4 members (excludes halogenated alkanes) is 2. The van der Waals surface area contributed by atoms with Crippen LogP contribution in [0.15, 0.2) is 0 Å². The van der Waals surface area contributed by atoms with Gasteiger partial charge in [0, 0.05) is 12.5 Å². The fourth-order valence-corrected chi connectivity index (χ4v) is 2.76. The predicted molar refractivity (Wildman–Crippen MR) is 74.5 cm³/mol. The third kappa shape index (κ3) is 6.39. The molecule has 0 radical (unpaired) electrons. The largest absolute Gasteiger partial charge is 0.466 e. The second kappa shape index (κ2) is 9.37. The van der Waals surface area contributed by atoms with E-state index >= 15 is 0 Å². The fraction of sp³-hybridized carbons (Fsp3) is 0.933. The first-order valence-corrected chi connectivity index (χ1v) is 7.63. The molecule has 18 heavy (non-hydrogen) atoms. The lowest BCUT2D eigenvalue weighted by molar-refractivity contribution is -0.143. The lowest BCUT2D eigenvalue weighted by Crippen LogP contribution is -2.32. The van der Waals surface area contributed by atoms with Crippen molar-refractivity contribution in [2.24, 2.45) is 5.92 Å². The highest BCUT2D eigenvalue weighted by Crippen LogP contribution is 2.27.